The van der Waals surface area contributed by atoms with Crippen LogP contribution < -0.4 is 10.0 Å². The third kappa shape index (κ3) is 3.45. The Hall–Kier alpha value is -0.690. The molecule has 1 fully saturated rings. The van der Waals surface area contributed by atoms with Gasteiger partial charge in [0, 0.05) is 5.54 Å². The fourth-order valence-electron chi connectivity index (χ4n) is 2.11. The van der Waals surface area contributed by atoms with Gasteiger partial charge in [-0.05, 0) is 51.1 Å². The molecule has 0 unspecified atom stereocenters. The predicted octanol–water partition coefficient (Wildman–Crippen LogP) is 1.90. The molecular formula is C12H16ClFN2O2S. The summed E-state index contributed by atoms with van der Waals surface area (Å²) in [6.45, 7) is 3.41. The van der Waals surface area contributed by atoms with Crippen LogP contribution in [0.3, 0.4) is 0 Å². The number of rotatable bonds is 3. The second-order valence-electron chi connectivity index (χ2n) is 4.99. The molecule has 1 aromatic carbocycles. The number of benzene rings is 1. The summed E-state index contributed by atoms with van der Waals surface area (Å²) >= 11 is 5.62. The van der Waals surface area contributed by atoms with Crippen LogP contribution in [0.5, 0.6) is 0 Å². The molecule has 0 radical (unpaired) electrons. The molecule has 4 nitrogen and oxygen atoms in total. The largest absolute Gasteiger partial charge is 0.317 e. The summed E-state index contributed by atoms with van der Waals surface area (Å²) in [5.41, 5.74) is -0.481. The molecule has 0 saturated carbocycles. The molecule has 0 atom stereocenters. The third-order valence-electron chi connectivity index (χ3n) is 3.29. The first-order chi connectivity index (χ1) is 8.82. The normalized spacial score (nSPS) is 19.3. The zero-order valence-electron chi connectivity index (χ0n) is 10.5. The Balaban J connectivity index is 2.24. The Morgan fingerprint density at radius 2 is 2.00 bits per heavy atom. The molecule has 0 amide bonds. The van der Waals surface area contributed by atoms with Gasteiger partial charge in [-0.2, -0.15) is 0 Å². The molecule has 19 heavy (non-hydrogen) atoms. The molecule has 0 aromatic heterocycles. The van der Waals surface area contributed by atoms with Crippen LogP contribution in [0, 0.1) is 5.82 Å². The molecule has 2 rings (SSSR count). The average molecular weight is 307 g/mol. The van der Waals surface area contributed by atoms with E-state index >= 15 is 0 Å². The Kier molecular flexibility index (Phi) is 4.15. The first-order valence-electron chi connectivity index (χ1n) is 6.02. The van der Waals surface area contributed by atoms with E-state index in [1.54, 1.807) is 0 Å². The minimum Gasteiger partial charge on any atom is -0.317 e. The second kappa shape index (κ2) is 5.36. The van der Waals surface area contributed by atoms with Crippen LogP contribution >= 0.6 is 11.6 Å². The molecule has 0 aliphatic carbocycles. The number of hydrogen-bond acceptors (Lipinski definition) is 3. The standard InChI is InChI=1S/C12H16ClFN2O2S/c1-12(4-6-15-7-5-12)16-19(17,18)9-2-3-11(14)10(13)8-9/h2-3,8,15-16H,4-7H2,1H3. The molecule has 1 heterocycles. The van der Waals surface area contributed by atoms with Crippen LogP contribution in [0.15, 0.2) is 23.1 Å². The maximum atomic E-state index is 13.1. The Morgan fingerprint density at radius 1 is 1.37 bits per heavy atom. The molecule has 1 aliphatic rings. The second-order valence-corrected chi connectivity index (χ2v) is 7.08. The molecule has 2 N–H and O–H groups in total. The van der Waals surface area contributed by atoms with Crippen molar-refractivity contribution >= 4 is 21.6 Å². The van der Waals surface area contributed by atoms with Gasteiger partial charge in [0.05, 0.1) is 9.92 Å². The monoisotopic (exact) mass is 306 g/mol. The van der Waals surface area contributed by atoms with Gasteiger partial charge in [0.2, 0.25) is 10.0 Å². The first kappa shape index (κ1) is 14.7. The molecule has 0 spiro atoms. The fraction of sp³-hybridized carbons (Fsp3) is 0.500. The quantitative estimate of drug-likeness (QED) is 0.897. The smallest absolute Gasteiger partial charge is 0.241 e. The molecule has 1 saturated heterocycles. The summed E-state index contributed by atoms with van der Waals surface area (Å²) in [6.07, 6.45) is 1.42. The van der Waals surface area contributed by atoms with E-state index in [1.165, 1.54) is 6.07 Å². The van der Waals surface area contributed by atoms with Gasteiger partial charge in [0.15, 0.2) is 0 Å². The van der Waals surface area contributed by atoms with Crippen molar-refractivity contribution in [3.05, 3.63) is 29.0 Å². The van der Waals surface area contributed by atoms with Crippen molar-refractivity contribution in [3.8, 4) is 0 Å². The highest BCUT2D eigenvalue weighted by Crippen LogP contribution is 2.23. The maximum absolute atomic E-state index is 13.1. The van der Waals surface area contributed by atoms with Gasteiger partial charge in [-0.25, -0.2) is 17.5 Å². The zero-order chi connectivity index (χ0) is 14.1. The van der Waals surface area contributed by atoms with E-state index in [-0.39, 0.29) is 9.92 Å². The molecule has 106 valence electrons. The lowest BCUT2D eigenvalue weighted by atomic mass is 9.92. The summed E-state index contributed by atoms with van der Waals surface area (Å²) in [6, 6.07) is 3.40. The van der Waals surface area contributed by atoms with Crippen LogP contribution in [0.1, 0.15) is 19.8 Å². The molecule has 1 aromatic rings. The maximum Gasteiger partial charge on any atom is 0.241 e. The van der Waals surface area contributed by atoms with Crippen LogP contribution in [0.25, 0.3) is 0 Å². The lowest BCUT2D eigenvalue weighted by molar-refractivity contribution is 0.308. The third-order valence-corrected chi connectivity index (χ3v) is 5.21. The van der Waals surface area contributed by atoms with Crippen molar-refractivity contribution in [2.75, 3.05) is 13.1 Å². The van der Waals surface area contributed by atoms with E-state index in [4.69, 9.17) is 11.6 Å². The summed E-state index contributed by atoms with van der Waals surface area (Å²) in [7, 11) is -3.69. The van der Waals surface area contributed by atoms with Crippen LogP contribution in [-0.4, -0.2) is 27.0 Å². The first-order valence-corrected chi connectivity index (χ1v) is 7.88. The highest BCUT2D eigenvalue weighted by atomic mass is 35.5. The van der Waals surface area contributed by atoms with Gasteiger partial charge in [0.1, 0.15) is 5.82 Å². The van der Waals surface area contributed by atoms with Gasteiger partial charge < -0.3 is 5.32 Å². The van der Waals surface area contributed by atoms with Gasteiger partial charge in [0.25, 0.3) is 0 Å². The van der Waals surface area contributed by atoms with E-state index in [9.17, 15) is 12.8 Å². The average Bonchev–Trinajstić information content (AvgIpc) is 2.32. The molecule has 0 bridgehead atoms. The number of hydrogen-bond donors (Lipinski definition) is 2. The molecule has 7 heteroatoms. The van der Waals surface area contributed by atoms with E-state index < -0.39 is 21.4 Å². The topological polar surface area (TPSA) is 58.2 Å². The highest BCUT2D eigenvalue weighted by molar-refractivity contribution is 7.89. The Bertz CT molecular complexity index is 571. The van der Waals surface area contributed by atoms with Gasteiger partial charge >= 0.3 is 0 Å². The van der Waals surface area contributed by atoms with Crippen molar-refractivity contribution in [3.63, 3.8) is 0 Å². The SMILES string of the molecule is CC1(NS(=O)(=O)c2ccc(F)c(Cl)c2)CCNCC1. The van der Waals surface area contributed by atoms with Crippen molar-refractivity contribution in [2.24, 2.45) is 0 Å². The fourth-order valence-corrected chi connectivity index (χ4v) is 3.84. The van der Waals surface area contributed by atoms with E-state index in [0.29, 0.717) is 12.8 Å². The highest BCUT2D eigenvalue weighted by Gasteiger charge is 2.32. The minimum atomic E-state index is -3.69. The lowest BCUT2D eigenvalue weighted by Gasteiger charge is -2.34. The summed E-state index contributed by atoms with van der Waals surface area (Å²) in [5.74, 6) is -0.631. The van der Waals surface area contributed by atoms with Crippen LogP contribution in [0.2, 0.25) is 5.02 Å². The van der Waals surface area contributed by atoms with Crippen molar-refractivity contribution in [1.82, 2.24) is 10.0 Å². The summed E-state index contributed by atoms with van der Waals surface area (Å²) in [5, 5.41) is 2.98. The zero-order valence-corrected chi connectivity index (χ0v) is 12.1. The van der Waals surface area contributed by atoms with Crippen LogP contribution in [0.4, 0.5) is 4.39 Å². The van der Waals surface area contributed by atoms with Gasteiger partial charge in [-0.15, -0.1) is 0 Å². The lowest BCUT2D eigenvalue weighted by Crippen LogP contribution is -2.52. The predicted molar refractivity (Wildman–Crippen MR) is 72.2 cm³/mol. The Labute approximate surface area is 117 Å². The van der Waals surface area contributed by atoms with E-state index in [2.05, 4.69) is 10.0 Å². The van der Waals surface area contributed by atoms with E-state index in [1.807, 2.05) is 6.92 Å². The van der Waals surface area contributed by atoms with Gasteiger partial charge in [-0.3, -0.25) is 0 Å². The molecule has 1 aliphatic heterocycles. The Morgan fingerprint density at radius 3 is 2.58 bits per heavy atom. The van der Waals surface area contributed by atoms with Crippen molar-refractivity contribution in [1.29, 1.82) is 0 Å². The summed E-state index contributed by atoms with van der Waals surface area (Å²) < 4.78 is 40.3. The number of piperidine rings is 1. The molecular weight excluding hydrogens is 291 g/mol. The van der Waals surface area contributed by atoms with Crippen molar-refractivity contribution in [2.45, 2.75) is 30.2 Å². The number of sulfonamides is 1. The summed E-state index contributed by atoms with van der Waals surface area (Å²) in [4.78, 5) is -0.0151. The van der Waals surface area contributed by atoms with E-state index in [0.717, 1.165) is 25.2 Å². The van der Waals surface area contributed by atoms with Crippen molar-refractivity contribution < 1.29 is 12.8 Å². The number of halogens is 2. The minimum absolute atomic E-state index is 0.0151. The number of nitrogens with one attached hydrogen (secondary N) is 2. The van der Waals surface area contributed by atoms with Crippen LogP contribution in [-0.2, 0) is 10.0 Å². The van der Waals surface area contributed by atoms with Gasteiger partial charge in [-0.1, -0.05) is 11.6 Å².